The number of thiol groups is 2. The molecular weight excluding hydrogens is 88.2 g/mol. The van der Waals surface area contributed by atoms with Crippen LogP contribution in [0.3, 0.4) is 0 Å². The highest BCUT2D eigenvalue weighted by molar-refractivity contribution is 7.87. The average Bonchev–Trinajstić information content (AvgIpc) is 1.37. The van der Waals surface area contributed by atoms with Gasteiger partial charge in [0.2, 0.25) is 0 Å². The van der Waals surface area contributed by atoms with Crippen LogP contribution in [0.4, 0.5) is 0 Å². The Morgan fingerprint density at radius 1 is 1.00 bits per heavy atom. The minimum Gasteiger partial charge on any atom is -0.151 e. The van der Waals surface area contributed by atoms with Crippen molar-refractivity contribution < 1.29 is 0 Å². The summed E-state index contributed by atoms with van der Waals surface area (Å²) in [4.78, 5) is 0. The van der Waals surface area contributed by atoms with E-state index in [4.69, 9.17) is 0 Å². The van der Waals surface area contributed by atoms with Gasteiger partial charge in [-0.25, -0.2) is 0 Å². The van der Waals surface area contributed by atoms with E-state index in [0.29, 0.717) is 0 Å². The first kappa shape index (κ1) is 4.44. The predicted molar refractivity (Wildman–Crippen MR) is 27.1 cm³/mol. The highest BCUT2D eigenvalue weighted by atomic mass is 32.1. The molecule has 0 atom stereocenters. The van der Waals surface area contributed by atoms with E-state index in [9.17, 15) is 0 Å². The number of hydrogen-bond acceptors (Lipinski definition) is 2. The van der Waals surface area contributed by atoms with E-state index in [1.54, 1.807) is 10.8 Å². The Kier molecular flexibility index (Phi) is 3.82. The minimum atomic E-state index is 1.56. The third-order valence-corrected chi connectivity index (χ3v) is 0.600. The van der Waals surface area contributed by atoms with Gasteiger partial charge in [0.05, 0.1) is 0 Å². The fraction of sp³-hybridized carbons (Fsp3) is 0. The third kappa shape index (κ3) is 2.44. The van der Waals surface area contributed by atoms with Crippen LogP contribution < -0.4 is 0 Å². The fourth-order valence-corrected chi connectivity index (χ4v) is 0. The zero-order valence-electron chi connectivity index (χ0n) is 2.05. The van der Waals surface area contributed by atoms with Crippen LogP contribution in [0.1, 0.15) is 0 Å². The van der Waals surface area contributed by atoms with E-state index in [1.807, 2.05) is 0 Å². The first-order chi connectivity index (χ1) is 1.91. The molecule has 0 unspecified atom stereocenters. The Morgan fingerprint density at radius 2 is 1.25 bits per heavy atom. The van der Waals surface area contributed by atoms with Crippen molar-refractivity contribution in [1.29, 1.82) is 0 Å². The van der Waals surface area contributed by atoms with Gasteiger partial charge in [-0.1, -0.05) is 0 Å². The monoisotopic (exact) mass is 92.0 g/mol. The maximum Gasteiger partial charge on any atom is -0.0264 e. The molecule has 0 rings (SSSR count). The lowest BCUT2D eigenvalue weighted by Crippen LogP contribution is -1.12. The quantitative estimate of drug-likeness (QED) is 0.414. The second-order valence-electron chi connectivity index (χ2n) is 0.298. The highest BCUT2D eigenvalue weighted by Gasteiger charge is 1.35. The summed E-state index contributed by atoms with van der Waals surface area (Å²) in [5.41, 5.74) is 0. The zero-order chi connectivity index (χ0) is 3.41. The molecule has 0 heterocycles. The van der Waals surface area contributed by atoms with Crippen LogP contribution in [-0.4, -0.2) is 0 Å². The molecule has 0 N–H and O–H groups in total. The van der Waals surface area contributed by atoms with Crippen LogP contribution in [0.15, 0.2) is 10.8 Å². The molecule has 0 aliphatic heterocycles. The molecule has 0 aliphatic carbocycles. The van der Waals surface area contributed by atoms with Crippen molar-refractivity contribution >= 4 is 25.3 Å². The van der Waals surface area contributed by atoms with Crippen LogP contribution in [0.5, 0.6) is 0 Å². The first-order valence-electron chi connectivity index (χ1n) is 0.850. The van der Waals surface area contributed by atoms with Gasteiger partial charge in [-0.05, 0) is 10.8 Å². The van der Waals surface area contributed by atoms with Crippen molar-refractivity contribution in [2.75, 3.05) is 0 Å². The van der Waals surface area contributed by atoms with Crippen molar-refractivity contribution in [3.05, 3.63) is 10.8 Å². The minimum absolute atomic E-state index is 1.56. The van der Waals surface area contributed by atoms with Gasteiger partial charge in [0, 0.05) is 0 Å². The Morgan fingerprint density at radius 3 is 1.25 bits per heavy atom. The van der Waals surface area contributed by atoms with Crippen molar-refractivity contribution in [1.82, 2.24) is 0 Å². The number of rotatable bonds is 0. The summed E-state index contributed by atoms with van der Waals surface area (Å²) in [5, 5.41) is 3.12. The third-order valence-electron chi connectivity index (χ3n) is 0.0667. The molecule has 0 fully saturated rings. The van der Waals surface area contributed by atoms with Crippen molar-refractivity contribution in [2.24, 2.45) is 0 Å². The first-order valence-corrected chi connectivity index (χ1v) is 1.88. The van der Waals surface area contributed by atoms with Crippen LogP contribution in [-0.2, 0) is 0 Å². The average molecular weight is 92.2 g/mol. The maximum atomic E-state index is 3.66. The van der Waals surface area contributed by atoms with Gasteiger partial charge >= 0.3 is 0 Å². The summed E-state index contributed by atoms with van der Waals surface area (Å²) >= 11 is 7.33. The molecule has 4 heavy (non-hydrogen) atoms. The highest BCUT2D eigenvalue weighted by Crippen LogP contribution is 1.76. The second kappa shape index (κ2) is 3.44. The number of hydrogen-bond donors (Lipinski definition) is 2. The molecule has 0 spiro atoms. The van der Waals surface area contributed by atoms with E-state index in [2.05, 4.69) is 25.3 Å². The molecule has 0 aromatic heterocycles. The largest absolute Gasteiger partial charge is 0.151 e. The van der Waals surface area contributed by atoms with Crippen LogP contribution >= 0.6 is 25.3 Å². The lowest BCUT2D eigenvalue weighted by atomic mass is 11.3. The Balaban J connectivity index is 2.55. The van der Waals surface area contributed by atoms with E-state index >= 15 is 0 Å². The zero-order valence-corrected chi connectivity index (χ0v) is 3.84. The standard InChI is InChI=1S/C2H4S2/c3-1-2-4/h1-4H. The van der Waals surface area contributed by atoms with Crippen molar-refractivity contribution in [3.63, 3.8) is 0 Å². The molecule has 0 radical (unpaired) electrons. The van der Waals surface area contributed by atoms with E-state index in [1.165, 1.54) is 0 Å². The molecule has 0 aromatic carbocycles. The summed E-state index contributed by atoms with van der Waals surface area (Å²) < 4.78 is 0. The summed E-state index contributed by atoms with van der Waals surface area (Å²) in [7, 11) is 0. The Labute approximate surface area is 36.7 Å². The normalized spacial score (nSPS) is 9.50. The summed E-state index contributed by atoms with van der Waals surface area (Å²) in [6, 6.07) is 0. The van der Waals surface area contributed by atoms with Gasteiger partial charge in [0.1, 0.15) is 0 Å². The summed E-state index contributed by atoms with van der Waals surface area (Å²) in [6.07, 6.45) is 0. The molecule has 0 bridgehead atoms. The van der Waals surface area contributed by atoms with E-state index in [-0.39, 0.29) is 0 Å². The molecule has 24 valence electrons. The van der Waals surface area contributed by atoms with Crippen molar-refractivity contribution in [2.45, 2.75) is 0 Å². The van der Waals surface area contributed by atoms with Crippen molar-refractivity contribution in [3.8, 4) is 0 Å². The topological polar surface area (TPSA) is 0 Å². The summed E-state index contributed by atoms with van der Waals surface area (Å²) in [6.45, 7) is 0. The van der Waals surface area contributed by atoms with E-state index < -0.39 is 0 Å². The molecule has 0 aromatic rings. The molecule has 2 heteroatoms. The Bertz CT molecular complexity index is 19.2. The SMILES string of the molecule is SC=CS. The second-order valence-corrected chi connectivity index (χ2v) is 0.894. The molecular formula is C2H4S2. The van der Waals surface area contributed by atoms with E-state index in [0.717, 1.165) is 0 Å². The van der Waals surface area contributed by atoms with Crippen LogP contribution in [0.2, 0.25) is 0 Å². The van der Waals surface area contributed by atoms with Gasteiger partial charge < -0.3 is 0 Å². The van der Waals surface area contributed by atoms with Crippen LogP contribution in [0, 0.1) is 0 Å². The van der Waals surface area contributed by atoms with Gasteiger partial charge in [-0.2, -0.15) is 25.3 Å². The van der Waals surface area contributed by atoms with Gasteiger partial charge in [0.25, 0.3) is 0 Å². The smallest absolute Gasteiger partial charge is 0.0264 e. The lowest BCUT2D eigenvalue weighted by molar-refractivity contribution is 2.61. The molecule has 0 amide bonds. The van der Waals surface area contributed by atoms with Gasteiger partial charge in [0.15, 0.2) is 0 Å². The fourth-order valence-electron chi connectivity index (χ4n) is 0. The van der Waals surface area contributed by atoms with Crippen LogP contribution in [0.25, 0.3) is 0 Å². The Hall–Kier alpha value is 0.440. The molecule has 0 saturated carbocycles. The lowest BCUT2D eigenvalue weighted by Gasteiger charge is -1.48. The molecule has 0 nitrogen and oxygen atoms in total. The maximum absolute atomic E-state index is 3.66. The van der Waals surface area contributed by atoms with Gasteiger partial charge in [-0.3, -0.25) is 0 Å². The predicted octanol–water partition coefficient (Wildman–Crippen LogP) is 1.32. The molecule has 0 saturated heterocycles. The molecule has 0 aliphatic rings. The summed E-state index contributed by atoms with van der Waals surface area (Å²) in [5.74, 6) is 0. The van der Waals surface area contributed by atoms with Gasteiger partial charge in [-0.15, -0.1) is 0 Å².